The second-order valence-electron chi connectivity index (χ2n) is 3.88. The Morgan fingerprint density at radius 2 is 1.64 bits per heavy atom. The van der Waals surface area contributed by atoms with Gasteiger partial charge >= 0.3 is 0 Å². The van der Waals surface area contributed by atoms with Gasteiger partial charge in [-0.1, -0.05) is 66.9 Å². The van der Waals surface area contributed by atoms with Crippen LogP contribution in [0.5, 0.6) is 0 Å². The van der Waals surface area contributed by atoms with Gasteiger partial charge in [0.15, 0.2) is 0 Å². The molecule has 0 bridgehead atoms. The molecule has 0 saturated heterocycles. The lowest BCUT2D eigenvalue weighted by Gasteiger charge is -2.14. The van der Waals surface area contributed by atoms with E-state index in [0.717, 1.165) is 0 Å². The van der Waals surface area contributed by atoms with Crippen LogP contribution >= 0.6 is 0 Å². The summed E-state index contributed by atoms with van der Waals surface area (Å²) < 4.78 is 0. The van der Waals surface area contributed by atoms with E-state index in [2.05, 4.69) is 61.7 Å². The molecule has 1 heteroatoms. The van der Waals surface area contributed by atoms with Gasteiger partial charge in [0, 0.05) is 5.92 Å². The molecule has 1 aliphatic carbocycles. The summed E-state index contributed by atoms with van der Waals surface area (Å²) in [5.41, 5.74) is 1.50. The molecule has 1 aromatic rings. The van der Waals surface area contributed by atoms with Gasteiger partial charge in [-0.25, -0.2) is 0 Å². The Morgan fingerprint density at radius 1 is 1.00 bits per heavy atom. The molecule has 2 rings (SSSR count). The Kier molecular flexibility index (Phi) is 2.68. The molecule has 0 fully saturated rings. The minimum absolute atomic E-state index is 0.346. The van der Waals surface area contributed by atoms with Crippen molar-refractivity contribution < 1.29 is 0 Å². The SMILES string of the molecule is C[Si](C)c1ccccc1C1C=CC=C1. The van der Waals surface area contributed by atoms with Crippen molar-refractivity contribution in [2.24, 2.45) is 0 Å². The molecule has 0 aliphatic heterocycles. The molecule has 0 saturated carbocycles. The smallest absolute Gasteiger partial charge is 0.0733 e. The fourth-order valence-corrected chi connectivity index (χ4v) is 3.14. The Morgan fingerprint density at radius 3 is 2.29 bits per heavy atom. The van der Waals surface area contributed by atoms with Gasteiger partial charge in [0.05, 0.1) is 8.80 Å². The third-order valence-corrected chi connectivity index (χ3v) is 4.14. The normalized spacial score (nSPS) is 15.6. The second-order valence-corrected chi connectivity index (χ2v) is 6.42. The first-order valence-electron chi connectivity index (χ1n) is 5.03. The van der Waals surface area contributed by atoms with Crippen molar-refractivity contribution in [3.63, 3.8) is 0 Å². The van der Waals surface area contributed by atoms with Crippen LogP contribution in [0.3, 0.4) is 0 Å². The maximum Gasteiger partial charge on any atom is 0.0795 e. The number of benzene rings is 1. The minimum atomic E-state index is -0.346. The molecule has 1 aromatic carbocycles. The highest BCUT2D eigenvalue weighted by atomic mass is 28.3. The molecule has 1 aliphatic rings. The van der Waals surface area contributed by atoms with Crippen LogP contribution in [-0.2, 0) is 0 Å². The highest BCUT2D eigenvalue weighted by Crippen LogP contribution is 2.21. The third-order valence-electron chi connectivity index (χ3n) is 2.61. The quantitative estimate of drug-likeness (QED) is 0.643. The second kappa shape index (κ2) is 3.97. The van der Waals surface area contributed by atoms with Crippen molar-refractivity contribution in [3.05, 3.63) is 54.1 Å². The van der Waals surface area contributed by atoms with Gasteiger partial charge in [0.2, 0.25) is 0 Å². The van der Waals surface area contributed by atoms with E-state index in [9.17, 15) is 0 Å². The standard InChI is InChI=1S/C13H15Si/c1-14(2)13-10-6-5-9-12(13)11-7-3-4-8-11/h3-11H,1-2H3. The molecule has 0 N–H and O–H groups in total. The molecule has 0 spiro atoms. The Labute approximate surface area is 87.6 Å². The first-order valence-corrected chi connectivity index (χ1v) is 7.53. The number of hydrogen-bond acceptors (Lipinski definition) is 0. The van der Waals surface area contributed by atoms with Crippen LogP contribution in [0.4, 0.5) is 0 Å². The van der Waals surface area contributed by atoms with Crippen LogP contribution in [0.15, 0.2) is 48.6 Å². The lowest BCUT2D eigenvalue weighted by molar-refractivity contribution is 1.12. The average Bonchev–Trinajstić information content (AvgIpc) is 2.70. The molecular weight excluding hydrogens is 184 g/mol. The summed E-state index contributed by atoms with van der Waals surface area (Å²) in [4.78, 5) is 0. The maximum absolute atomic E-state index is 2.35. The van der Waals surface area contributed by atoms with Crippen LogP contribution in [0.25, 0.3) is 0 Å². The number of rotatable bonds is 2. The van der Waals surface area contributed by atoms with Crippen molar-refractivity contribution in [2.45, 2.75) is 19.0 Å². The fourth-order valence-electron chi connectivity index (χ4n) is 1.88. The summed E-state index contributed by atoms with van der Waals surface area (Å²) in [7, 11) is -0.346. The van der Waals surface area contributed by atoms with Gasteiger partial charge in [-0.15, -0.1) is 0 Å². The first-order chi connectivity index (χ1) is 6.79. The van der Waals surface area contributed by atoms with Crippen molar-refractivity contribution in [1.29, 1.82) is 0 Å². The lowest BCUT2D eigenvalue weighted by Crippen LogP contribution is -2.27. The lowest BCUT2D eigenvalue weighted by atomic mass is 10.0. The predicted octanol–water partition coefficient (Wildman–Crippen LogP) is 2.86. The monoisotopic (exact) mass is 199 g/mol. The van der Waals surface area contributed by atoms with Crippen molar-refractivity contribution in [3.8, 4) is 0 Å². The van der Waals surface area contributed by atoms with E-state index in [0.29, 0.717) is 5.92 Å². The fraction of sp³-hybridized carbons (Fsp3) is 0.231. The Balaban J connectivity index is 2.41. The van der Waals surface area contributed by atoms with E-state index in [-0.39, 0.29) is 8.80 Å². The van der Waals surface area contributed by atoms with Gasteiger partial charge in [-0.05, 0) is 5.56 Å². The molecule has 1 radical (unpaired) electrons. The highest BCUT2D eigenvalue weighted by molar-refractivity contribution is 6.71. The highest BCUT2D eigenvalue weighted by Gasteiger charge is 2.13. The van der Waals surface area contributed by atoms with E-state index >= 15 is 0 Å². The first kappa shape index (κ1) is 9.47. The summed E-state index contributed by atoms with van der Waals surface area (Å²) in [5.74, 6) is 0.520. The van der Waals surface area contributed by atoms with Crippen molar-refractivity contribution in [2.75, 3.05) is 0 Å². The van der Waals surface area contributed by atoms with Gasteiger partial charge in [0.1, 0.15) is 0 Å². The van der Waals surface area contributed by atoms with Gasteiger partial charge in [0.25, 0.3) is 0 Å². The van der Waals surface area contributed by atoms with Crippen LogP contribution in [0.1, 0.15) is 11.5 Å². The molecule has 0 aromatic heterocycles. The Bertz CT molecular complexity index is 363. The molecule has 0 atom stereocenters. The molecule has 14 heavy (non-hydrogen) atoms. The van der Waals surface area contributed by atoms with Crippen molar-refractivity contribution in [1.82, 2.24) is 0 Å². The average molecular weight is 199 g/mol. The maximum atomic E-state index is 2.35. The van der Waals surface area contributed by atoms with Crippen LogP contribution < -0.4 is 5.19 Å². The van der Waals surface area contributed by atoms with Crippen LogP contribution in [-0.4, -0.2) is 8.80 Å². The van der Waals surface area contributed by atoms with E-state index in [1.54, 1.807) is 5.19 Å². The molecule has 71 valence electrons. The molecule has 0 amide bonds. The summed E-state index contributed by atoms with van der Waals surface area (Å²) in [6, 6.07) is 8.84. The number of hydrogen-bond donors (Lipinski definition) is 0. The number of allylic oxidation sites excluding steroid dienone is 4. The van der Waals surface area contributed by atoms with E-state index < -0.39 is 0 Å². The van der Waals surface area contributed by atoms with E-state index in [4.69, 9.17) is 0 Å². The van der Waals surface area contributed by atoms with Gasteiger partial charge < -0.3 is 0 Å². The zero-order valence-electron chi connectivity index (χ0n) is 8.70. The molecule has 0 unspecified atom stereocenters. The minimum Gasteiger partial charge on any atom is -0.0733 e. The molecule has 0 nitrogen and oxygen atoms in total. The zero-order valence-corrected chi connectivity index (χ0v) is 9.70. The summed E-state index contributed by atoms with van der Waals surface area (Å²) in [5, 5.41) is 1.57. The van der Waals surface area contributed by atoms with E-state index in [1.807, 2.05) is 0 Å². The van der Waals surface area contributed by atoms with E-state index in [1.165, 1.54) is 5.56 Å². The van der Waals surface area contributed by atoms with Gasteiger partial charge in [-0.2, -0.15) is 0 Å². The summed E-state index contributed by atoms with van der Waals surface area (Å²) in [6.07, 6.45) is 8.81. The Hall–Kier alpha value is -1.08. The van der Waals surface area contributed by atoms with Crippen LogP contribution in [0.2, 0.25) is 13.1 Å². The molecular formula is C13H15Si. The molecule has 0 heterocycles. The van der Waals surface area contributed by atoms with Gasteiger partial charge in [-0.3, -0.25) is 0 Å². The third kappa shape index (κ3) is 1.73. The zero-order chi connectivity index (χ0) is 9.97. The van der Waals surface area contributed by atoms with Crippen LogP contribution in [0, 0.1) is 0 Å². The topological polar surface area (TPSA) is 0 Å². The summed E-state index contributed by atoms with van der Waals surface area (Å²) in [6.45, 7) is 4.71. The predicted molar refractivity (Wildman–Crippen MR) is 64.6 cm³/mol. The summed E-state index contributed by atoms with van der Waals surface area (Å²) >= 11 is 0. The largest absolute Gasteiger partial charge is 0.0795 e. The van der Waals surface area contributed by atoms with Crippen molar-refractivity contribution >= 4 is 14.0 Å².